The fourth-order valence-corrected chi connectivity index (χ4v) is 2.72. The van der Waals surface area contributed by atoms with E-state index in [0.29, 0.717) is 0 Å². The van der Waals surface area contributed by atoms with Crippen LogP contribution in [0.1, 0.15) is 13.3 Å². The van der Waals surface area contributed by atoms with Crippen molar-refractivity contribution in [3.8, 4) is 0 Å². The van der Waals surface area contributed by atoms with Gasteiger partial charge >= 0.3 is 0 Å². The van der Waals surface area contributed by atoms with E-state index in [4.69, 9.17) is 0 Å². The smallest absolute Gasteiger partial charge is 0.130 e. The van der Waals surface area contributed by atoms with Gasteiger partial charge in [0.2, 0.25) is 0 Å². The lowest BCUT2D eigenvalue weighted by Crippen LogP contribution is -2.02. The zero-order valence-corrected chi connectivity index (χ0v) is 12.5. The highest BCUT2D eigenvalue weighted by molar-refractivity contribution is 9.10. The third-order valence-corrected chi connectivity index (χ3v) is 4.21. The quantitative estimate of drug-likeness (QED) is 0.836. The molecular weight excluding hydrogens is 310 g/mol. The highest BCUT2D eigenvalue weighted by atomic mass is 79.9. The number of anilines is 1. The monoisotopic (exact) mass is 323 g/mol. The number of benzene rings is 1. The molecule has 18 heavy (non-hydrogen) atoms. The first-order valence-electron chi connectivity index (χ1n) is 5.78. The van der Waals surface area contributed by atoms with Crippen molar-refractivity contribution in [2.45, 2.75) is 23.3 Å². The molecule has 1 aromatic heterocycles. The molecule has 2 aromatic rings. The molecule has 0 unspecified atom stereocenters. The normalized spacial score (nSPS) is 10.3. The van der Waals surface area contributed by atoms with Crippen molar-refractivity contribution < 1.29 is 0 Å². The third kappa shape index (κ3) is 3.71. The van der Waals surface area contributed by atoms with Gasteiger partial charge in [0.05, 0.1) is 0 Å². The van der Waals surface area contributed by atoms with Crippen LogP contribution < -0.4 is 5.32 Å². The van der Waals surface area contributed by atoms with Gasteiger partial charge in [0.1, 0.15) is 17.2 Å². The Bertz CT molecular complexity index is 519. The average Bonchev–Trinajstić information content (AvgIpc) is 2.40. The maximum atomic E-state index is 4.27. The molecule has 0 aliphatic heterocycles. The molecule has 94 valence electrons. The van der Waals surface area contributed by atoms with E-state index in [1.54, 1.807) is 18.1 Å². The van der Waals surface area contributed by atoms with E-state index in [1.807, 2.05) is 24.3 Å². The zero-order valence-electron chi connectivity index (χ0n) is 10.1. The lowest BCUT2D eigenvalue weighted by Gasteiger charge is -2.06. The van der Waals surface area contributed by atoms with Crippen LogP contribution in [0.15, 0.2) is 51.1 Å². The molecule has 0 atom stereocenters. The Kier molecular flexibility index (Phi) is 5.01. The summed E-state index contributed by atoms with van der Waals surface area (Å²) in [6.07, 6.45) is 2.67. The third-order valence-electron chi connectivity index (χ3n) is 2.25. The summed E-state index contributed by atoms with van der Waals surface area (Å²) in [4.78, 5) is 9.62. The van der Waals surface area contributed by atoms with Gasteiger partial charge in [0.25, 0.3) is 0 Å². The summed E-state index contributed by atoms with van der Waals surface area (Å²) in [5.41, 5.74) is 0. The molecule has 2 rings (SSSR count). The second-order valence-electron chi connectivity index (χ2n) is 3.70. The van der Waals surface area contributed by atoms with E-state index >= 15 is 0 Å². The summed E-state index contributed by atoms with van der Waals surface area (Å²) in [6, 6.07) is 10.1. The molecule has 0 spiro atoms. The van der Waals surface area contributed by atoms with Crippen LogP contribution >= 0.6 is 27.7 Å². The Hall–Kier alpha value is -1.07. The van der Waals surface area contributed by atoms with Crippen molar-refractivity contribution >= 4 is 33.5 Å². The van der Waals surface area contributed by atoms with Gasteiger partial charge in [-0.25, -0.2) is 9.97 Å². The molecule has 0 bridgehead atoms. The van der Waals surface area contributed by atoms with Crippen molar-refractivity contribution in [1.29, 1.82) is 0 Å². The Labute approximate surface area is 120 Å². The van der Waals surface area contributed by atoms with Gasteiger partial charge in [-0.05, 0) is 34.5 Å². The van der Waals surface area contributed by atoms with Crippen molar-refractivity contribution in [2.24, 2.45) is 0 Å². The van der Waals surface area contributed by atoms with Crippen molar-refractivity contribution in [3.05, 3.63) is 41.1 Å². The van der Waals surface area contributed by atoms with E-state index in [-0.39, 0.29) is 0 Å². The second kappa shape index (κ2) is 6.75. The summed E-state index contributed by atoms with van der Waals surface area (Å²) in [6.45, 7) is 3.06. The Morgan fingerprint density at radius 3 is 2.89 bits per heavy atom. The Balaban J connectivity index is 2.12. The number of nitrogens with zero attached hydrogens (tertiary/aromatic N) is 2. The fraction of sp³-hybridized carbons (Fsp3) is 0.231. The molecule has 1 heterocycles. The van der Waals surface area contributed by atoms with Gasteiger partial charge in [-0.3, -0.25) is 0 Å². The van der Waals surface area contributed by atoms with Crippen LogP contribution in [0.25, 0.3) is 0 Å². The van der Waals surface area contributed by atoms with Crippen LogP contribution in [0.2, 0.25) is 0 Å². The topological polar surface area (TPSA) is 37.8 Å². The van der Waals surface area contributed by atoms with Gasteiger partial charge < -0.3 is 5.32 Å². The highest BCUT2D eigenvalue weighted by Crippen LogP contribution is 2.32. The molecule has 0 fully saturated rings. The van der Waals surface area contributed by atoms with Crippen LogP contribution in [0.3, 0.4) is 0 Å². The first-order chi connectivity index (χ1) is 8.79. The predicted molar refractivity (Wildman–Crippen MR) is 79.1 cm³/mol. The largest absolute Gasteiger partial charge is 0.370 e. The van der Waals surface area contributed by atoms with Gasteiger partial charge in [-0.15, -0.1) is 0 Å². The van der Waals surface area contributed by atoms with E-state index in [9.17, 15) is 0 Å². The average molecular weight is 324 g/mol. The van der Waals surface area contributed by atoms with Gasteiger partial charge in [0.15, 0.2) is 0 Å². The van der Waals surface area contributed by atoms with Crippen LogP contribution in [0.5, 0.6) is 0 Å². The van der Waals surface area contributed by atoms with Crippen LogP contribution in [-0.2, 0) is 0 Å². The van der Waals surface area contributed by atoms with Crippen molar-refractivity contribution in [3.63, 3.8) is 0 Å². The highest BCUT2D eigenvalue weighted by Gasteiger charge is 2.04. The van der Waals surface area contributed by atoms with E-state index in [1.165, 1.54) is 0 Å². The molecular formula is C13H14BrN3S. The number of rotatable bonds is 5. The SMILES string of the molecule is CCCNc1cc(Sc2ccccc2Br)ncn1. The molecule has 0 aliphatic carbocycles. The van der Waals surface area contributed by atoms with E-state index in [0.717, 1.165) is 33.2 Å². The lowest BCUT2D eigenvalue weighted by molar-refractivity contribution is 0.953. The molecule has 3 nitrogen and oxygen atoms in total. The van der Waals surface area contributed by atoms with Crippen molar-refractivity contribution in [1.82, 2.24) is 9.97 Å². The number of aromatic nitrogens is 2. The molecule has 5 heteroatoms. The Morgan fingerprint density at radius 2 is 2.11 bits per heavy atom. The van der Waals surface area contributed by atoms with E-state index < -0.39 is 0 Å². The van der Waals surface area contributed by atoms with Crippen LogP contribution in [0, 0.1) is 0 Å². The second-order valence-corrected chi connectivity index (χ2v) is 5.62. The first-order valence-corrected chi connectivity index (χ1v) is 7.39. The summed E-state index contributed by atoms with van der Waals surface area (Å²) in [5, 5.41) is 4.20. The predicted octanol–water partition coefficient (Wildman–Crippen LogP) is 4.21. The minimum absolute atomic E-state index is 0.876. The van der Waals surface area contributed by atoms with Crippen LogP contribution in [0.4, 0.5) is 5.82 Å². The summed E-state index contributed by atoms with van der Waals surface area (Å²) >= 11 is 5.16. The summed E-state index contributed by atoms with van der Waals surface area (Å²) in [5.74, 6) is 0.876. The van der Waals surface area contributed by atoms with E-state index in [2.05, 4.69) is 44.2 Å². The summed E-state index contributed by atoms with van der Waals surface area (Å²) < 4.78 is 1.08. The van der Waals surface area contributed by atoms with Crippen LogP contribution in [-0.4, -0.2) is 16.5 Å². The number of halogens is 1. The first kappa shape index (κ1) is 13.4. The standard InChI is InChI=1S/C13H14BrN3S/c1-2-7-15-12-8-13(17-9-16-12)18-11-6-4-3-5-10(11)14/h3-6,8-9H,2,7H2,1H3,(H,15,16,17). The number of hydrogen-bond acceptors (Lipinski definition) is 4. The number of hydrogen-bond donors (Lipinski definition) is 1. The maximum Gasteiger partial charge on any atom is 0.130 e. The fourth-order valence-electron chi connectivity index (χ4n) is 1.39. The molecule has 0 amide bonds. The molecule has 0 saturated heterocycles. The van der Waals surface area contributed by atoms with Crippen molar-refractivity contribution in [2.75, 3.05) is 11.9 Å². The molecule has 0 saturated carbocycles. The Morgan fingerprint density at radius 1 is 1.28 bits per heavy atom. The maximum absolute atomic E-state index is 4.27. The van der Waals surface area contributed by atoms with Gasteiger partial charge in [-0.2, -0.15) is 0 Å². The molecule has 1 aromatic carbocycles. The summed E-state index contributed by atoms with van der Waals surface area (Å²) in [7, 11) is 0. The molecule has 0 radical (unpaired) electrons. The van der Waals surface area contributed by atoms with Gasteiger partial charge in [-0.1, -0.05) is 30.8 Å². The zero-order chi connectivity index (χ0) is 12.8. The minimum atomic E-state index is 0.876. The molecule has 0 aliphatic rings. The van der Waals surface area contributed by atoms with Gasteiger partial charge in [0, 0.05) is 22.0 Å². The molecule has 1 N–H and O–H groups in total. The minimum Gasteiger partial charge on any atom is -0.370 e. The number of nitrogens with one attached hydrogen (secondary N) is 1. The lowest BCUT2D eigenvalue weighted by atomic mass is 10.4.